The van der Waals surface area contributed by atoms with Crippen molar-refractivity contribution in [3.63, 3.8) is 0 Å². The van der Waals surface area contributed by atoms with Crippen LogP contribution in [0.3, 0.4) is 0 Å². The van der Waals surface area contributed by atoms with Crippen LogP contribution in [0.2, 0.25) is 0 Å². The molecule has 0 aliphatic carbocycles. The minimum atomic E-state index is 0.0155. The highest BCUT2D eigenvalue weighted by atomic mass is 16.1. The van der Waals surface area contributed by atoms with Gasteiger partial charge in [-0.25, -0.2) is 0 Å². The average Bonchev–Trinajstić information content (AvgIpc) is 2.38. The molecule has 0 heterocycles. The van der Waals surface area contributed by atoms with Crippen molar-refractivity contribution < 1.29 is 4.79 Å². The van der Waals surface area contributed by atoms with Crippen molar-refractivity contribution in [3.05, 3.63) is 48.0 Å². The van der Waals surface area contributed by atoms with Crippen LogP contribution in [0.15, 0.2) is 42.5 Å². The Morgan fingerprint density at radius 2 is 1.89 bits per heavy atom. The molecule has 0 saturated heterocycles. The molecule has 1 unspecified atom stereocenters. The van der Waals surface area contributed by atoms with E-state index >= 15 is 0 Å². The Bertz CT molecular complexity index is 548. The largest absolute Gasteiger partial charge is 0.350 e. The third kappa shape index (κ3) is 2.89. The summed E-state index contributed by atoms with van der Waals surface area (Å²) in [6, 6.07) is 14.1. The Labute approximate surface area is 108 Å². The van der Waals surface area contributed by atoms with Crippen LogP contribution in [0, 0.1) is 0 Å². The Morgan fingerprint density at radius 3 is 2.61 bits per heavy atom. The number of rotatable bonds is 4. The van der Waals surface area contributed by atoms with Crippen molar-refractivity contribution in [1.29, 1.82) is 0 Å². The fraction of sp³-hybridized carbons (Fsp3) is 0.312. The molecule has 2 aromatic carbocycles. The van der Waals surface area contributed by atoms with Gasteiger partial charge in [0.15, 0.2) is 0 Å². The van der Waals surface area contributed by atoms with Crippen molar-refractivity contribution in [2.45, 2.75) is 32.7 Å². The van der Waals surface area contributed by atoms with E-state index in [2.05, 4.69) is 18.3 Å². The van der Waals surface area contributed by atoms with Crippen LogP contribution < -0.4 is 5.32 Å². The molecule has 1 N–H and O–H groups in total. The summed E-state index contributed by atoms with van der Waals surface area (Å²) in [7, 11) is 0. The predicted octanol–water partition coefficient (Wildman–Crippen LogP) is 3.76. The topological polar surface area (TPSA) is 29.1 Å². The first-order valence-electron chi connectivity index (χ1n) is 6.50. The highest BCUT2D eigenvalue weighted by molar-refractivity contribution is 5.98. The van der Waals surface area contributed by atoms with Gasteiger partial charge in [0.1, 0.15) is 0 Å². The van der Waals surface area contributed by atoms with E-state index in [1.807, 2.05) is 43.3 Å². The second kappa shape index (κ2) is 5.67. The van der Waals surface area contributed by atoms with E-state index in [-0.39, 0.29) is 11.9 Å². The van der Waals surface area contributed by atoms with Crippen LogP contribution in [0.25, 0.3) is 10.8 Å². The van der Waals surface area contributed by atoms with Gasteiger partial charge in [-0.2, -0.15) is 0 Å². The van der Waals surface area contributed by atoms with E-state index in [1.54, 1.807) is 0 Å². The summed E-state index contributed by atoms with van der Waals surface area (Å²) < 4.78 is 0. The lowest BCUT2D eigenvalue weighted by Gasteiger charge is -2.13. The second-order valence-corrected chi connectivity index (χ2v) is 4.73. The molecule has 2 nitrogen and oxygen atoms in total. The van der Waals surface area contributed by atoms with E-state index in [1.165, 1.54) is 0 Å². The monoisotopic (exact) mass is 241 g/mol. The zero-order valence-electron chi connectivity index (χ0n) is 10.9. The maximum Gasteiger partial charge on any atom is 0.251 e. The van der Waals surface area contributed by atoms with E-state index in [0.717, 1.165) is 29.2 Å². The van der Waals surface area contributed by atoms with Crippen LogP contribution in [-0.4, -0.2) is 11.9 Å². The summed E-state index contributed by atoms with van der Waals surface area (Å²) in [6.45, 7) is 4.17. The average molecular weight is 241 g/mol. The van der Waals surface area contributed by atoms with Crippen LogP contribution in [-0.2, 0) is 0 Å². The molecule has 0 bridgehead atoms. The molecular formula is C16H19NO. The minimum Gasteiger partial charge on any atom is -0.350 e. The number of benzene rings is 2. The molecule has 2 heteroatoms. The van der Waals surface area contributed by atoms with Gasteiger partial charge in [0, 0.05) is 11.6 Å². The quantitative estimate of drug-likeness (QED) is 0.867. The van der Waals surface area contributed by atoms with Crippen molar-refractivity contribution in [2.24, 2.45) is 0 Å². The molecule has 2 aromatic rings. The Kier molecular flexibility index (Phi) is 3.98. The van der Waals surface area contributed by atoms with Gasteiger partial charge < -0.3 is 5.32 Å². The SMILES string of the molecule is CCCC(C)NC(=O)c1ccc2ccccc2c1. The summed E-state index contributed by atoms with van der Waals surface area (Å²) in [5, 5.41) is 5.29. The van der Waals surface area contributed by atoms with Gasteiger partial charge in [-0.1, -0.05) is 43.7 Å². The van der Waals surface area contributed by atoms with Crippen LogP contribution in [0.5, 0.6) is 0 Å². The molecule has 0 aromatic heterocycles. The van der Waals surface area contributed by atoms with E-state index in [9.17, 15) is 4.79 Å². The third-order valence-electron chi connectivity index (χ3n) is 3.11. The lowest BCUT2D eigenvalue weighted by molar-refractivity contribution is 0.0938. The van der Waals surface area contributed by atoms with E-state index in [4.69, 9.17) is 0 Å². The third-order valence-corrected chi connectivity index (χ3v) is 3.11. The maximum absolute atomic E-state index is 12.1. The predicted molar refractivity (Wildman–Crippen MR) is 75.8 cm³/mol. The smallest absolute Gasteiger partial charge is 0.251 e. The summed E-state index contributed by atoms with van der Waals surface area (Å²) in [5.41, 5.74) is 0.733. The number of carbonyl (C=O) groups is 1. The van der Waals surface area contributed by atoms with Gasteiger partial charge in [-0.05, 0) is 36.2 Å². The van der Waals surface area contributed by atoms with Gasteiger partial charge in [0.25, 0.3) is 5.91 Å². The fourth-order valence-corrected chi connectivity index (χ4v) is 2.14. The Hall–Kier alpha value is -1.83. The molecule has 1 atom stereocenters. The summed E-state index contributed by atoms with van der Waals surface area (Å²) >= 11 is 0. The Balaban J connectivity index is 2.17. The van der Waals surface area contributed by atoms with Gasteiger partial charge >= 0.3 is 0 Å². The van der Waals surface area contributed by atoms with Crippen molar-refractivity contribution in [3.8, 4) is 0 Å². The zero-order valence-corrected chi connectivity index (χ0v) is 10.9. The van der Waals surface area contributed by atoms with E-state index in [0.29, 0.717) is 0 Å². The maximum atomic E-state index is 12.1. The number of amides is 1. The molecule has 0 spiro atoms. The molecule has 0 aliphatic rings. The van der Waals surface area contributed by atoms with E-state index < -0.39 is 0 Å². The van der Waals surface area contributed by atoms with Crippen LogP contribution >= 0.6 is 0 Å². The number of hydrogen-bond acceptors (Lipinski definition) is 1. The highest BCUT2D eigenvalue weighted by Gasteiger charge is 2.09. The van der Waals surface area contributed by atoms with Gasteiger partial charge in [-0.15, -0.1) is 0 Å². The van der Waals surface area contributed by atoms with Gasteiger partial charge in [0.05, 0.1) is 0 Å². The molecule has 18 heavy (non-hydrogen) atoms. The molecular weight excluding hydrogens is 222 g/mol. The standard InChI is InChI=1S/C16H19NO/c1-3-6-12(2)17-16(18)15-10-9-13-7-4-5-8-14(13)11-15/h4-5,7-12H,3,6H2,1-2H3,(H,17,18). The second-order valence-electron chi connectivity index (χ2n) is 4.73. The molecule has 0 radical (unpaired) electrons. The van der Waals surface area contributed by atoms with Crippen molar-refractivity contribution in [2.75, 3.05) is 0 Å². The molecule has 0 fully saturated rings. The molecule has 2 rings (SSSR count). The van der Waals surface area contributed by atoms with Gasteiger partial charge in [-0.3, -0.25) is 4.79 Å². The summed E-state index contributed by atoms with van der Waals surface area (Å²) in [6.07, 6.45) is 2.10. The zero-order chi connectivity index (χ0) is 13.0. The van der Waals surface area contributed by atoms with Crippen LogP contribution in [0.4, 0.5) is 0 Å². The lowest BCUT2D eigenvalue weighted by atomic mass is 10.1. The molecule has 0 saturated carbocycles. The van der Waals surface area contributed by atoms with Crippen LogP contribution in [0.1, 0.15) is 37.0 Å². The van der Waals surface area contributed by atoms with Crippen molar-refractivity contribution in [1.82, 2.24) is 5.32 Å². The first kappa shape index (κ1) is 12.6. The summed E-state index contributed by atoms with van der Waals surface area (Å²) in [4.78, 5) is 12.1. The lowest BCUT2D eigenvalue weighted by Crippen LogP contribution is -2.32. The summed E-state index contributed by atoms with van der Waals surface area (Å²) in [5.74, 6) is 0.0155. The number of nitrogens with one attached hydrogen (secondary N) is 1. The van der Waals surface area contributed by atoms with Gasteiger partial charge in [0.2, 0.25) is 0 Å². The number of carbonyl (C=O) groups excluding carboxylic acids is 1. The number of hydrogen-bond donors (Lipinski definition) is 1. The first-order chi connectivity index (χ1) is 8.70. The normalized spacial score (nSPS) is 12.3. The minimum absolute atomic E-state index is 0.0155. The molecule has 94 valence electrons. The van der Waals surface area contributed by atoms with Crippen molar-refractivity contribution >= 4 is 16.7 Å². The molecule has 1 amide bonds. The first-order valence-corrected chi connectivity index (χ1v) is 6.50. The highest BCUT2D eigenvalue weighted by Crippen LogP contribution is 2.15. The number of fused-ring (bicyclic) bond motifs is 1. The molecule has 0 aliphatic heterocycles. The Morgan fingerprint density at radius 1 is 1.17 bits per heavy atom. The fourth-order valence-electron chi connectivity index (χ4n) is 2.14.